The van der Waals surface area contributed by atoms with Gasteiger partial charge in [-0.05, 0) is 30.5 Å². The van der Waals surface area contributed by atoms with E-state index < -0.39 is 17.5 Å². The number of hydrogen-bond acceptors (Lipinski definition) is 6. The molecule has 1 heterocycles. The lowest BCUT2D eigenvalue weighted by Gasteiger charge is -2.40. The van der Waals surface area contributed by atoms with Crippen LogP contribution in [0, 0.1) is 0 Å². The number of carboxylic acid groups (broad SMARTS) is 2. The SMILES string of the molecule is COC(=O)C1(NC(=O)c2ccccc2)CCN(Cc2ccccc2)CC1.O=C(O)C(=O)O. The van der Waals surface area contributed by atoms with Crippen LogP contribution >= 0.6 is 0 Å². The summed E-state index contributed by atoms with van der Waals surface area (Å²) in [7, 11) is 1.37. The van der Waals surface area contributed by atoms with Gasteiger partial charge in [-0.1, -0.05) is 48.5 Å². The van der Waals surface area contributed by atoms with Crippen molar-refractivity contribution in [1.29, 1.82) is 0 Å². The van der Waals surface area contributed by atoms with Gasteiger partial charge in [-0.2, -0.15) is 0 Å². The predicted molar refractivity (Wildman–Crippen MR) is 115 cm³/mol. The smallest absolute Gasteiger partial charge is 0.414 e. The maximum absolute atomic E-state index is 12.6. The molecule has 2 aromatic carbocycles. The van der Waals surface area contributed by atoms with Crippen molar-refractivity contribution in [1.82, 2.24) is 10.2 Å². The molecule has 0 radical (unpaired) electrons. The molecule has 1 saturated heterocycles. The molecule has 0 aromatic heterocycles. The van der Waals surface area contributed by atoms with E-state index in [-0.39, 0.29) is 11.9 Å². The van der Waals surface area contributed by atoms with E-state index in [0.29, 0.717) is 18.4 Å². The normalized spacial score (nSPS) is 14.9. The van der Waals surface area contributed by atoms with Gasteiger partial charge in [0.15, 0.2) is 0 Å². The topological polar surface area (TPSA) is 133 Å². The van der Waals surface area contributed by atoms with Crippen molar-refractivity contribution in [2.24, 2.45) is 0 Å². The zero-order valence-electron chi connectivity index (χ0n) is 17.7. The van der Waals surface area contributed by atoms with Crippen molar-refractivity contribution >= 4 is 23.8 Å². The van der Waals surface area contributed by atoms with Crippen LogP contribution in [0.25, 0.3) is 0 Å². The Bertz CT molecular complexity index is 912. The predicted octanol–water partition coefficient (Wildman–Crippen LogP) is 1.78. The van der Waals surface area contributed by atoms with E-state index in [4.69, 9.17) is 24.5 Å². The molecule has 170 valence electrons. The summed E-state index contributed by atoms with van der Waals surface area (Å²) >= 11 is 0. The Morgan fingerprint density at radius 3 is 1.88 bits per heavy atom. The van der Waals surface area contributed by atoms with Crippen LogP contribution in [0.15, 0.2) is 60.7 Å². The van der Waals surface area contributed by atoms with E-state index in [0.717, 1.165) is 19.6 Å². The number of methoxy groups -OCH3 is 1. The van der Waals surface area contributed by atoms with Gasteiger partial charge < -0.3 is 20.3 Å². The molecule has 32 heavy (non-hydrogen) atoms. The highest BCUT2D eigenvalue weighted by Crippen LogP contribution is 2.25. The zero-order chi connectivity index (χ0) is 23.6. The summed E-state index contributed by atoms with van der Waals surface area (Å²) < 4.78 is 5.01. The van der Waals surface area contributed by atoms with Gasteiger partial charge in [0.05, 0.1) is 7.11 Å². The maximum atomic E-state index is 12.6. The molecule has 1 fully saturated rings. The minimum absolute atomic E-state index is 0.243. The minimum Gasteiger partial charge on any atom is -0.473 e. The molecule has 2 aromatic rings. The van der Waals surface area contributed by atoms with E-state index >= 15 is 0 Å². The summed E-state index contributed by atoms with van der Waals surface area (Å²) in [6.45, 7) is 2.28. The number of nitrogens with zero attached hydrogens (tertiary/aromatic N) is 1. The van der Waals surface area contributed by atoms with Crippen LogP contribution in [0.5, 0.6) is 0 Å². The molecule has 9 nitrogen and oxygen atoms in total. The highest BCUT2D eigenvalue weighted by molar-refractivity contribution is 6.27. The third kappa shape index (κ3) is 6.92. The van der Waals surface area contributed by atoms with Crippen molar-refractivity contribution in [3.63, 3.8) is 0 Å². The van der Waals surface area contributed by atoms with Gasteiger partial charge in [-0.25, -0.2) is 14.4 Å². The van der Waals surface area contributed by atoms with Crippen molar-refractivity contribution in [2.45, 2.75) is 24.9 Å². The molecule has 3 N–H and O–H groups in total. The Kier molecular flexibility index (Phi) is 8.91. The molecule has 1 amide bonds. The summed E-state index contributed by atoms with van der Waals surface area (Å²) in [4.78, 5) is 45.5. The first-order chi connectivity index (χ1) is 15.3. The van der Waals surface area contributed by atoms with E-state index in [9.17, 15) is 9.59 Å². The van der Waals surface area contributed by atoms with Crippen LogP contribution in [0.3, 0.4) is 0 Å². The summed E-state index contributed by atoms with van der Waals surface area (Å²) in [5.41, 5.74) is 0.823. The molecule has 0 spiro atoms. The quantitative estimate of drug-likeness (QED) is 0.471. The van der Waals surface area contributed by atoms with Crippen LogP contribution in [0.4, 0.5) is 0 Å². The van der Waals surface area contributed by atoms with Gasteiger partial charge in [0.25, 0.3) is 5.91 Å². The van der Waals surface area contributed by atoms with Crippen LogP contribution in [0.2, 0.25) is 0 Å². The average Bonchev–Trinajstić information content (AvgIpc) is 2.81. The van der Waals surface area contributed by atoms with Crippen molar-refractivity contribution in [3.05, 3.63) is 71.8 Å². The summed E-state index contributed by atoms with van der Waals surface area (Å²) in [5.74, 6) is -4.27. The Hall–Kier alpha value is -3.72. The second-order valence-corrected chi connectivity index (χ2v) is 7.27. The second kappa shape index (κ2) is 11.6. The van der Waals surface area contributed by atoms with Crippen LogP contribution in [-0.4, -0.2) is 64.7 Å². The second-order valence-electron chi connectivity index (χ2n) is 7.27. The van der Waals surface area contributed by atoms with Crippen molar-refractivity contribution in [2.75, 3.05) is 20.2 Å². The number of amides is 1. The number of carbonyl (C=O) groups excluding carboxylic acids is 2. The first-order valence-electron chi connectivity index (χ1n) is 9.96. The van der Waals surface area contributed by atoms with Gasteiger partial charge in [0.2, 0.25) is 0 Å². The molecule has 0 unspecified atom stereocenters. The first kappa shape index (κ1) is 24.5. The number of piperidine rings is 1. The summed E-state index contributed by atoms with van der Waals surface area (Å²) in [5, 5.41) is 17.7. The summed E-state index contributed by atoms with van der Waals surface area (Å²) in [6, 6.07) is 19.2. The average molecular weight is 442 g/mol. The molecular weight excluding hydrogens is 416 g/mol. The van der Waals surface area contributed by atoms with Gasteiger partial charge in [-0.15, -0.1) is 0 Å². The lowest BCUT2D eigenvalue weighted by molar-refractivity contribution is -0.159. The Morgan fingerprint density at radius 1 is 0.906 bits per heavy atom. The number of nitrogens with one attached hydrogen (secondary N) is 1. The molecule has 1 aliphatic rings. The standard InChI is InChI=1S/C21H24N2O3.C2H2O4/c1-26-20(25)21(22-19(24)18-10-6-3-7-11-18)12-14-23(15-13-21)16-17-8-4-2-5-9-17;3-1(4)2(5)6/h2-11H,12-16H2,1H3,(H,22,24);(H,3,4)(H,5,6). The number of likely N-dealkylation sites (tertiary alicyclic amines) is 1. The van der Waals surface area contributed by atoms with E-state index in [1.54, 1.807) is 12.1 Å². The monoisotopic (exact) mass is 442 g/mol. The zero-order valence-corrected chi connectivity index (χ0v) is 17.7. The lowest BCUT2D eigenvalue weighted by Crippen LogP contribution is -2.60. The van der Waals surface area contributed by atoms with Gasteiger partial charge >= 0.3 is 17.9 Å². The van der Waals surface area contributed by atoms with Crippen LogP contribution in [0.1, 0.15) is 28.8 Å². The fraction of sp³-hybridized carbons (Fsp3) is 0.304. The fourth-order valence-corrected chi connectivity index (χ4v) is 3.39. The van der Waals surface area contributed by atoms with E-state index in [1.165, 1.54) is 12.7 Å². The molecule has 1 aliphatic heterocycles. The number of benzene rings is 2. The fourth-order valence-electron chi connectivity index (χ4n) is 3.39. The lowest BCUT2D eigenvalue weighted by atomic mass is 9.86. The van der Waals surface area contributed by atoms with Gasteiger partial charge in [0.1, 0.15) is 5.54 Å². The molecule has 9 heteroatoms. The number of carboxylic acids is 2. The van der Waals surface area contributed by atoms with Gasteiger partial charge in [-0.3, -0.25) is 9.69 Å². The van der Waals surface area contributed by atoms with E-state index in [1.807, 2.05) is 36.4 Å². The third-order valence-electron chi connectivity index (χ3n) is 5.11. The Morgan fingerprint density at radius 2 is 1.41 bits per heavy atom. The molecule has 0 atom stereocenters. The van der Waals surface area contributed by atoms with Crippen LogP contribution < -0.4 is 5.32 Å². The van der Waals surface area contributed by atoms with Crippen molar-refractivity contribution in [3.8, 4) is 0 Å². The number of aliphatic carboxylic acids is 2. The molecule has 0 bridgehead atoms. The molecular formula is C23H26N2O7. The molecule has 0 aliphatic carbocycles. The maximum Gasteiger partial charge on any atom is 0.414 e. The number of esters is 1. The van der Waals surface area contributed by atoms with E-state index in [2.05, 4.69) is 22.3 Å². The molecule has 3 rings (SSSR count). The van der Waals surface area contributed by atoms with Crippen LogP contribution in [-0.2, 0) is 25.7 Å². The largest absolute Gasteiger partial charge is 0.473 e. The van der Waals surface area contributed by atoms with Crippen molar-refractivity contribution < 1.29 is 34.1 Å². The minimum atomic E-state index is -1.82. The number of hydrogen-bond donors (Lipinski definition) is 3. The number of carbonyl (C=O) groups is 4. The Balaban J connectivity index is 0.000000534. The highest BCUT2D eigenvalue weighted by atomic mass is 16.5. The number of rotatable bonds is 5. The van der Waals surface area contributed by atoms with Gasteiger partial charge in [0, 0.05) is 25.2 Å². The third-order valence-corrected chi connectivity index (χ3v) is 5.11. The number of ether oxygens (including phenoxy) is 1. The summed E-state index contributed by atoms with van der Waals surface area (Å²) in [6.07, 6.45) is 1.07. The first-order valence-corrected chi connectivity index (χ1v) is 9.96. The highest BCUT2D eigenvalue weighted by Gasteiger charge is 2.43. The molecule has 0 saturated carbocycles. The Labute approximate surface area is 185 Å².